The first-order valence-electron chi connectivity index (χ1n) is 4.50. The molecular weight excluding hydrogens is 343 g/mol. The summed E-state index contributed by atoms with van der Waals surface area (Å²) in [5.74, 6) is -0.699. The van der Waals surface area contributed by atoms with Gasteiger partial charge < -0.3 is 4.90 Å². The highest BCUT2D eigenvalue weighted by atomic mass is 79.9. The summed E-state index contributed by atoms with van der Waals surface area (Å²) in [5, 5.41) is 1.63. The van der Waals surface area contributed by atoms with Crippen molar-refractivity contribution in [3.05, 3.63) is 20.8 Å². The van der Waals surface area contributed by atoms with Crippen molar-refractivity contribution in [1.29, 1.82) is 0 Å². The van der Waals surface area contributed by atoms with Gasteiger partial charge in [-0.15, -0.1) is 22.9 Å². The van der Waals surface area contributed by atoms with E-state index in [4.69, 9.17) is 11.6 Å². The third kappa shape index (κ3) is 4.48. The number of carbonyl (C=O) groups excluding carboxylic acids is 1. The largest absolute Gasteiger partial charge is 0.406 e. The second kappa shape index (κ2) is 6.06. The number of amides is 1. The summed E-state index contributed by atoms with van der Waals surface area (Å²) in [6.07, 6.45) is -4.43. The zero-order valence-electron chi connectivity index (χ0n) is 8.43. The van der Waals surface area contributed by atoms with Crippen LogP contribution < -0.4 is 0 Å². The lowest BCUT2D eigenvalue weighted by Crippen LogP contribution is -2.39. The van der Waals surface area contributed by atoms with Gasteiger partial charge in [0.1, 0.15) is 11.4 Å². The molecular formula is C9H8BrClF3NOS. The van der Waals surface area contributed by atoms with E-state index in [1.165, 1.54) is 0 Å². The van der Waals surface area contributed by atoms with E-state index in [0.29, 0.717) is 9.37 Å². The number of hydrogen-bond donors (Lipinski definition) is 0. The van der Waals surface area contributed by atoms with Gasteiger partial charge in [0.25, 0.3) is 5.91 Å². The van der Waals surface area contributed by atoms with Crippen LogP contribution in [0, 0.1) is 0 Å². The molecule has 1 amide bonds. The monoisotopic (exact) mass is 349 g/mol. The quantitative estimate of drug-likeness (QED) is 0.757. The van der Waals surface area contributed by atoms with Crippen molar-refractivity contribution < 1.29 is 18.0 Å². The molecule has 96 valence electrons. The van der Waals surface area contributed by atoms with Crippen LogP contribution in [-0.4, -0.2) is 36.0 Å². The molecule has 1 aromatic heterocycles. The Hall–Kier alpha value is -0.270. The Morgan fingerprint density at radius 1 is 1.53 bits per heavy atom. The molecule has 0 aliphatic carbocycles. The normalized spacial score (nSPS) is 11.6. The van der Waals surface area contributed by atoms with E-state index in [2.05, 4.69) is 15.9 Å². The van der Waals surface area contributed by atoms with Crippen molar-refractivity contribution in [2.75, 3.05) is 19.0 Å². The van der Waals surface area contributed by atoms with Crippen LogP contribution in [0.2, 0.25) is 0 Å². The minimum absolute atomic E-state index is 0.0369. The predicted octanol–water partition coefficient (Wildman–Crippen LogP) is 3.75. The molecule has 1 heterocycles. The fraction of sp³-hybridized carbons (Fsp3) is 0.444. The average Bonchev–Trinajstić information content (AvgIpc) is 2.61. The highest BCUT2D eigenvalue weighted by Crippen LogP contribution is 2.26. The van der Waals surface area contributed by atoms with Crippen molar-refractivity contribution in [2.24, 2.45) is 0 Å². The van der Waals surface area contributed by atoms with E-state index < -0.39 is 18.6 Å². The zero-order chi connectivity index (χ0) is 13.1. The van der Waals surface area contributed by atoms with Crippen LogP contribution in [0.4, 0.5) is 13.2 Å². The van der Waals surface area contributed by atoms with Crippen LogP contribution in [0.1, 0.15) is 9.67 Å². The molecule has 0 aliphatic rings. The second-order valence-corrected chi connectivity index (χ2v) is 5.28. The Balaban J connectivity index is 2.84. The SMILES string of the molecule is O=C(c1sccc1Br)N(CCCl)CC(F)(F)F. The van der Waals surface area contributed by atoms with Crippen LogP contribution in [-0.2, 0) is 0 Å². The van der Waals surface area contributed by atoms with Gasteiger partial charge in [0.15, 0.2) is 0 Å². The van der Waals surface area contributed by atoms with E-state index in [0.717, 1.165) is 11.3 Å². The summed E-state index contributed by atoms with van der Waals surface area (Å²) < 4.78 is 37.4. The van der Waals surface area contributed by atoms with Crippen molar-refractivity contribution >= 4 is 44.8 Å². The lowest BCUT2D eigenvalue weighted by Gasteiger charge is -2.22. The molecule has 17 heavy (non-hydrogen) atoms. The molecule has 0 aromatic carbocycles. The van der Waals surface area contributed by atoms with Gasteiger partial charge in [-0.25, -0.2) is 0 Å². The van der Waals surface area contributed by atoms with Crippen LogP contribution in [0.3, 0.4) is 0 Å². The van der Waals surface area contributed by atoms with Gasteiger partial charge in [-0.2, -0.15) is 13.2 Å². The molecule has 0 N–H and O–H groups in total. The summed E-state index contributed by atoms with van der Waals surface area (Å²) in [4.78, 5) is 12.8. The maximum Gasteiger partial charge on any atom is 0.406 e. The minimum Gasteiger partial charge on any atom is -0.328 e. The topological polar surface area (TPSA) is 20.3 Å². The van der Waals surface area contributed by atoms with Crippen LogP contribution in [0.5, 0.6) is 0 Å². The molecule has 1 rings (SSSR count). The Kier molecular flexibility index (Phi) is 5.27. The molecule has 0 aliphatic heterocycles. The highest BCUT2D eigenvalue weighted by molar-refractivity contribution is 9.10. The molecule has 2 nitrogen and oxygen atoms in total. The third-order valence-corrected chi connectivity index (χ3v) is 3.82. The van der Waals surface area contributed by atoms with Gasteiger partial charge >= 0.3 is 6.18 Å². The fourth-order valence-corrected chi connectivity index (χ4v) is 2.87. The molecule has 0 saturated carbocycles. The first kappa shape index (κ1) is 14.8. The molecule has 0 fully saturated rings. The summed E-state index contributed by atoms with van der Waals surface area (Å²) in [6, 6.07) is 1.62. The summed E-state index contributed by atoms with van der Waals surface area (Å²) in [5.41, 5.74) is 0. The summed E-state index contributed by atoms with van der Waals surface area (Å²) >= 11 is 9.60. The number of halogens is 5. The zero-order valence-corrected chi connectivity index (χ0v) is 11.6. The molecule has 0 atom stereocenters. The number of rotatable bonds is 4. The van der Waals surface area contributed by atoms with E-state index in [1.807, 2.05) is 0 Å². The molecule has 0 unspecified atom stereocenters. The number of hydrogen-bond acceptors (Lipinski definition) is 2. The van der Waals surface area contributed by atoms with E-state index >= 15 is 0 Å². The minimum atomic E-state index is -4.43. The Labute approximate surface area is 113 Å². The van der Waals surface area contributed by atoms with Gasteiger partial charge in [0.05, 0.1) is 0 Å². The molecule has 0 saturated heterocycles. The van der Waals surface area contributed by atoms with Gasteiger partial charge in [-0.05, 0) is 27.4 Å². The summed E-state index contributed by atoms with van der Waals surface area (Å²) in [7, 11) is 0. The first-order chi connectivity index (χ1) is 7.85. The average molecular weight is 351 g/mol. The number of thiophene rings is 1. The van der Waals surface area contributed by atoms with Crippen molar-refractivity contribution in [3.8, 4) is 0 Å². The van der Waals surface area contributed by atoms with Gasteiger partial charge in [0.2, 0.25) is 0 Å². The third-order valence-electron chi connectivity index (χ3n) is 1.82. The maximum atomic E-state index is 12.3. The second-order valence-electron chi connectivity index (χ2n) is 3.13. The van der Waals surface area contributed by atoms with E-state index in [9.17, 15) is 18.0 Å². The molecule has 0 radical (unpaired) electrons. The van der Waals surface area contributed by atoms with E-state index in [1.54, 1.807) is 11.4 Å². The van der Waals surface area contributed by atoms with Crippen LogP contribution in [0.15, 0.2) is 15.9 Å². The van der Waals surface area contributed by atoms with Crippen molar-refractivity contribution in [1.82, 2.24) is 4.90 Å². The number of carbonyl (C=O) groups is 1. The number of alkyl halides is 4. The Morgan fingerprint density at radius 2 is 2.18 bits per heavy atom. The first-order valence-corrected chi connectivity index (χ1v) is 6.71. The van der Waals surface area contributed by atoms with Gasteiger partial charge in [-0.3, -0.25) is 4.79 Å². The lowest BCUT2D eigenvalue weighted by atomic mass is 10.3. The van der Waals surface area contributed by atoms with Crippen LogP contribution >= 0.6 is 38.9 Å². The Bertz CT molecular complexity index is 396. The van der Waals surface area contributed by atoms with Crippen LogP contribution in [0.25, 0.3) is 0 Å². The lowest BCUT2D eigenvalue weighted by molar-refractivity contribution is -0.140. The van der Waals surface area contributed by atoms with Crippen molar-refractivity contribution in [3.63, 3.8) is 0 Å². The van der Waals surface area contributed by atoms with Gasteiger partial charge in [-0.1, -0.05) is 0 Å². The maximum absolute atomic E-state index is 12.3. The Morgan fingerprint density at radius 3 is 2.59 bits per heavy atom. The summed E-state index contributed by atoms with van der Waals surface area (Å²) in [6.45, 7) is -1.42. The van der Waals surface area contributed by atoms with Gasteiger partial charge in [0, 0.05) is 16.9 Å². The molecule has 8 heteroatoms. The molecule has 0 spiro atoms. The predicted molar refractivity (Wildman–Crippen MR) is 64.7 cm³/mol. The molecule has 0 bridgehead atoms. The van der Waals surface area contributed by atoms with Crippen molar-refractivity contribution in [2.45, 2.75) is 6.18 Å². The van der Waals surface area contributed by atoms with E-state index in [-0.39, 0.29) is 17.3 Å². The standard InChI is InChI=1S/C9H8BrClF3NOS/c10-6-1-4-17-7(6)8(16)15(3-2-11)5-9(12,13)14/h1,4H,2-3,5H2. The highest BCUT2D eigenvalue weighted by Gasteiger charge is 2.33. The number of nitrogens with zero attached hydrogens (tertiary/aromatic N) is 1. The fourth-order valence-electron chi connectivity index (χ4n) is 1.16. The smallest absolute Gasteiger partial charge is 0.328 e. The molecule has 1 aromatic rings.